The molecule has 2 aromatic rings. The number of aromatic nitrogens is 1. The molecule has 94 valence electrons. The average molecular weight is 243 g/mol. The Morgan fingerprint density at radius 1 is 1.44 bits per heavy atom. The number of aryl methyl sites for hydroxylation is 1. The van der Waals surface area contributed by atoms with E-state index in [2.05, 4.69) is 18.2 Å². The standard InChI is InChI=1S/C15H17NO2/c1-3-18-15(17)13-9-16(2)14-7-6-11(8-12(13)14)10-4-5-10/h6-10H,3-5H2,1-2H3. The molecule has 1 aromatic carbocycles. The molecule has 0 radical (unpaired) electrons. The first kappa shape index (κ1) is 11.3. The fourth-order valence-corrected chi connectivity index (χ4v) is 2.45. The Bertz CT molecular complexity index is 608. The van der Waals surface area contributed by atoms with Crippen molar-refractivity contribution in [3.05, 3.63) is 35.5 Å². The highest BCUT2D eigenvalue weighted by molar-refractivity contribution is 6.04. The lowest BCUT2D eigenvalue weighted by Crippen LogP contribution is -2.03. The van der Waals surface area contributed by atoms with Gasteiger partial charge >= 0.3 is 5.97 Å². The Hall–Kier alpha value is -1.77. The molecule has 0 N–H and O–H groups in total. The molecule has 0 amide bonds. The first-order valence-electron chi connectivity index (χ1n) is 6.46. The second-order valence-corrected chi connectivity index (χ2v) is 4.93. The summed E-state index contributed by atoms with van der Waals surface area (Å²) in [4.78, 5) is 11.9. The molecule has 0 bridgehead atoms. The molecule has 1 heterocycles. The number of ether oxygens (including phenoxy) is 1. The third-order valence-electron chi connectivity index (χ3n) is 3.56. The maximum atomic E-state index is 11.9. The van der Waals surface area contributed by atoms with Crippen LogP contribution < -0.4 is 0 Å². The fraction of sp³-hybridized carbons (Fsp3) is 0.400. The monoisotopic (exact) mass is 243 g/mol. The summed E-state index contributed by atoms with van der Waals surface area (Å²) in [5, 5.41) is 1.01. The van der Waals surface area contributed by atoms with E-state index < -0.39 is 0 Å². The van der Waals surface area contributed by atoms with Crippen molar-refractivity contribution in [2.75, 3.05) is 6.61 Å². The van der Waals surface area contributed by atoms with Gasteiger partial charge in [-0.1, -0.05) is 6.07 Å². The molecule has 1 aliphatic rings. The van der Waals surface area contributed by atoms with Gasteiger partial charge in [0, 0.05) is 24.1 Å². The number of carbonyl (C=O) groups excluding carboxylic acids is 1. The minimum atomic E-state index is -0.226. The Labute approximate surface area is 106 Å². The van der Waals surface area contributed by atoms with E-state index in [-0.39, 0.29) is 5.97 Å². The van der Waals surface area contributed by atoms with Gasteiger partial charge in [-0.2, -0.15) is 0 Å². The van der Waals surface area contributed by atoms with Gasteiger partial charge in [-0.15, -0.1) is 0 Å². The van der Waals surface area contributed by atoms with Crippen LogP contribution >= 0.6 is 0 Å². The zero-order chi connectivity index (χ0) is 12.7. The number of benzene rings is 1. The topological polar surface area (TPSA) is 31.2 Å². The molecule has 0 atom stereocenters. The summed E-state index contributed by atoms with van der Waals surface area (Å²) < 4.78 is 7.10. The third-order valence-corrected chi connectivity index (χ3v) is 3.56. The van der Waals surface area contributed by atoms with E-state index >= 15 is 0 Å². The number of hydrogen-bond donors (Lipinski definition) is 0. The van der Waals surface area contributed by atoms with Crippen LogP contribution in [0.4, 0.5) is 0 Å². The Kier molecular flexibility index (Phi) is 2.62. The predicted octanol–water partition coefficient (Wildman–Crippen LogP) is 3.23. The molecule has 3 rings (SSSR count). The van der Waals surface area contributed by atoms with Crippen LogP contribution in [-0.4, -0.2) is 17.1 Å². The summed E-state index contributed by atoms with van der Waals surface area (Å²) in [6, 6.07) is 6.43. The Balaban J connectivity index is 2.12. The van der Waals surface area contributed by atoms with Crippen molar-refractivity contribution in [3.8, 4) is 0 Å². The maximum Gasteiger partial charge on any atom is 0.340 e. The predicted molar refractivity (Wildman–Crippen MR) is 70.9 cm³/mol. The van der Waals surface area contributed by atoms with E-state index in [1.807, 2.05) is 24.7 Å². The quantitative estimate of drug-likeness (QED) is 0.775. The van der Waals surface area contributed by atoms with Crippen molar-refractivity contribution < 1.29 is 9.53 Å². The van der Waals surface area contributed by atoms with Gasteiger partial charge in [-0.3, -0.25) is 0 Å². The van der Waals surface area contributed by atoms with Crippen LogP contribution in [0.3, 0.4) is 0 Å². The minimum Gasteiger partial charge on any atom is -0.462 e. The Morgan fingerprint density at radius 3 is 2.89 bits per heavy atom. The van der Waals surface area contributed by atoms with Gasteiger partial charge in [-0.25, -0.2) is 4.79 Å². The van der Waals surface area contributed by atoms with Crippen LogP contribution in [-0.2, 0) is 11.8 Å². The van der Waals surface area contributed by atoms with Gasteiger partial charge in [0.1, 0.15) is 0 Å². The molecule has 0 saturated heterocycles. The number of fused-ring (bicyclic) bond motifs is 1. The molecule has 1 aliphatic carbocycles. The second-order valence-electron chi connectivity index (χ2n) is 4.93. The number of nitrogens with zero attached hydrogens (tertiary/aromatic N) is 1. The summed E-state index contributed by atoms with van der Waals surface area (Å²) in [6.07, 6.45) is 4.40. The Morgan fingerprint density at radius 2 is 2.22 bits per heavy atom. The molecule has 18 heavy (non-hydrogen) atoms. The zero-order valence-electron chi connectivity index (χ0n) is 10.8. The van der Waals surface area contributed by atoms with Crippen LogP contribution in [0.1, 0.15) is 41.6 Å². The normalized spacial score (nSPS) is 15.0. The van der Waals surface area contributed by atoms with Crippen LogP contribution in [0.2, 0.25) is 0 Å². The van der Waals surface area contributed by atoms with E-state index in [0.29, 0.717) is 18.1 Å². The van der Waals surface area contributed by atoms with Crippen LogP contribution in [0.5, 0.6) is 0 Å². The van der Waals surface area contributed by atoms with Crippen LogP contribution in [0.15, 0.2) is 24.4 Å². The summed E-state index contributed by atoms with van der Waals surface area (Å²) in [5.74, 6) is 0.473. The van der Waals surface area contributed by atoms with Gasteiger partial charge in [0.05, 0.1) is 12.2 Å². The average Bonchev–Trinajstić information content (AvgIpc) is 3.15. The highest BCUT2D eigenvalue weighted by Crippen LogP contribution is 2.41. The van der Waals surface area contributed by atoms with Gasteiger partial charge in [0.2, 0.25) is 0 Å². The van der Waals surface area contributed by atoms with Crippen LogP contribution in [0.25, 0.3) is 10.9 Å². The van der Waals surface area contributed by atoms with Crippen molar-refractivity contribution in [2.45, 2.75) is 25.7 Å². The number of esters is 1. The van der Waals surface area contributed by atoms with Gasteiger partial charge in [-0.05, 0) is 43.4 Å². The summed E-state index contributed by atoms with van der Waals surface area (Å²) >= 11 is 0. The number of hydrogen-bond acceptors (Lipinski definition) is 2. The summed E-state index contributed by atoms with van der Waals surface area (Å²) in [7, 11) is 1.96. The van der Waals surface area contributed by atoms with E-state index in [0.717, 1.165) is 10.9 Å². The highest BCUT2D eigenvalue weighted by atomic mass is 16.5. The van der Waals surface area contributed by atoms with E-state index in [4.69, 9.17) is 4.74 Å². The lowest BCUT2D eigenvalue weighted by Gasteiger charge is -2.02. The van der Waals surface area contributed by atoms with Crippen molar-refractivity contribution in [2.24, 2.45) is 7.05 Å². The molecule has 3 heteroatoms. The van der Waals surface area contributed by atoms with Crippen molar-refractivity contribution in [3.63, 3.8) is 0 Å². The number of carbonyl (C=O) groups is 1. The number of rotatable bonds is 3. The molecule has 1 fully saturated rings. The second kappa shape index (κ2) is 4.16. The fourth-order valence-electron chi connectivity index (χ4n) is 2.45. The van der Waals surface area contributed by atoms with Gasteiger partial charge < -0.3 is 9.30 Å². The lowest BCUT2D eigenvalue weighted by molar-refractivity contribution is 0.0528. The van der Waals surface area contributed by atoms with Gasteiger partial charge in [0.15, 0.2) is 0 Å². The molecule has 0 aliphatic heterocycles. The molecule has 0 spiro atoms. The van der Waals surface area contributed by atoms with E-state index in [1.165, 1.54) is 18.4 Å². The summed E-state index contributed by atoms with van der Waals surface area (Å²) in [5.41, 5.74) is 3.11. The molecule has 1 aromatic heterocycles. The highest BCUT2D eigenvalue weighted by Gasteiger charge is 2.24. The molecule has 0 unspecified atom stereocenters. The molecular formula is C15H17NO2. The van der Waals surface area contributed by atoms with Crippen molar-refractivity contribution >= 4 is 16.9 Å². The maximum absolute atomic E-state index is 11.9. The van der Waals surface area contributed by atoms with Crippen molar-refractivity contribution in [1.82, 2.24) is 4.57 Å². The van der Waals surface area contributed by atoms with Gasteiger partial charge in [0.25, 0.3) is 0 Å². The minimum absolute atomic E-state index is 0.226. The van der Waals surface area contributed by atoms with Crippen LogP contribution in [0, 0.1) is 0 Å². The largest absolute Gasteiger partial charge is 0.462 e. The summed E-state index contributed by atoms with van der Waals surface area (Å²) in [6.45, 7) is 2.25. The molecule has 3 nitrogen and oxygen atoms in total. The van der Waals surface area contributed by atoms with E-state index in [1.54, 1.807) is 0 Å². The third kappa shape index (κ3) is 1.80. The smallest absolute Gasteiger partial charge is 0.340 e. The first-order chi connectivity index (χ1) is 8.70. The van der Waals surface area contributed by atoms with E-state index in [9.17, 15) is 4.79 Å². The zero-order valence-corrected chi connectivity index (χ0v) is 10.8. The first-order valence-corrected chi connectivity index (χ1v) is 6.46. The SMILES string of the molecule is CCOC(=O)c1cn(C)c2ccc(C3CC3)cc12. The lowest BCUT2D eigenvalue weighted by atomic mass is 10.1. The molecule has 1 saturated carbocycles. The van der Waals surface area contributed by atoms with Crippen molar-refractivity contribution in [1.29, 1.82) is 0 Å². The molecular weight excluding hydrogens is 226 g/mol.